The van der Waals surface area contributed by atoms with Gasteiger partial charge in [0, 0.05) is 6.54 Å². The maximum atomic E-state index is 13.6. The number of carbonyl (C=O) groups excluding carboxylic acids is 1. The molecule has 1 aliphatic rings. The number of hydrogen-bond acceptors (Lipinski definition) is 2. The second-order valence-electron chi connectivity index (χ2n) is 5.42. The Balaban J connectivity index is 1.95. The van der Waals surface area contributed by atoms with Gasteiger partial charge in [0.25, 0.3) is 5.91 Å². The summed E-state index contributed by atoms with van der Waals surface area (Å²) in [5.41, 5.74) is 1.02. The molecule has 0 radical (unpaired) electrons. The zero-order valence-electron chi connectivity index (χ0n) is 11.5. The molecule has 1 heterocycles. The lowest BCUT2D eigenvalue weighted by Gasteiger charge is -2.29. The normalized spacial score (nSPS) is 23.1. The maximum Gasteiger partial charge on any atom is 0.254 e. The molecule has 3 nitrogen and oxygen atoms in total. The molecule has 0 bridgehead atoms. The summed E-state index contributed by atoms with van der Waals surface area (Å²) in [6.45, 7) is 6.60. The Morgan fingerprint density at radius 3 is 3.05 bits per heavy atom. The molecule has 1 aromatic carbocycles. The number of rotatable bonds is 3. The van der Waals surface area contributed by atoms with Crippen LogP contribution in [0.2, 0.25) is 0 Å². The minimum atomic E-state index is -0.460. The van der Waals surface area contributed by atoms with Crippen molar-refractivity contribution in [3.05, 3.63) is 35.1 Å². The zero-order chi connectivity index (χ0) is 13.8. The molecule has 0 spiro atoms. The Morgan fingerprint density at radius 2 is 2.32 bits per heavy atom. The lowest BCUT2D eigenvalue weighted by atomic mass is 9.88. The fourth-order valence-electron chi connectivity index (χ4n) is 2.46. The Bertz CT molecular complexity index is 461. The van der Waals surface area contributed by atoms with Crippen molar-refractivity contribution in [3.8, 4) is 0 Å². The first-order valence-electron chi connectivity index (χ1n) is 6.83. The fourth-order valence-corrected chi connectivity index (χ4v) is 2.46. The first-order chi connectivity index (χ1) is 9.08. The SMILES string of the molecule is Cc1ccc(F)c(C(=O)NCC2CNCCC2C)c1. The summed E-state index contributed by atoms with van der Waals surface area (Å²) >= 11 is 0. The molecule has 0 saturated carbocycles. The number of nitrogens with one attached hydrogen (secondary N) is 2. The average Bonchev–Trinajstić information content (AvgIpc) is 2.40. The summed E-state index contributed by atoms with van der Waals surface area (Å²) in [4.78, 5) is 12.0. The highest BCUT2D eigenvalue weighted by Crippen LogP contribution is 2.17. The zero-order valence-corrected chi connectivity index (χ0v) is 11.5. The van der Waals surface area contributed by atoms with Crippen LogP contribution in [-0.2, 0) is 0 Å². The van der Waals surface area contributed by atoms with Gasteiger partial charge in [-0.05, 0) is 50.4 Å². The van der Waals surface area contributed by atoms with E-state index in [1.807, 2.05) is 6.92 Å². The second-order valence-corrected chi connectivity index (χ2v) is 5.42. The summed E-state index contributed by atoms with van der Waals surface area (Å²) < 4.78 is 13.6. The molecule has 1 amide bonds. The Morgan fingerprint density at radius 1 is 1.53 bits per heavy atom. The van der Waals surface area contributed by atoms with Crippen molar-refractivity contribution in [1.82, 2.24) is 10.6 Å². The van der Waals surface area contributed by atoms with E-state index in [9.17, 15) is 9.18 Å². The minimum absolute atomic E-state index is 0.136. The summed E-state index contributed by atoms with van der Waals surface area (Å²) in [5.74, 6) is 0.228. The van der Waals surface area contributed by atoms with Crippen LogP contribution in [0, 0.1) is 24.6 Å². The van der Waals surface area contributed by atoms with E-state index in [0.29, 0.717) is 18.4 Å². The van der Waals surface area contributed by atoms with Gasteiger partial charge >= 0.3 is 0 Å². The van der Waals surface area contributed by atoms with E-state index in [1.54, 1.807) is 12.1 Å². The molecule has 1 aromatic rings. The van der Waals surface area contributed by atoms with Gasteiger partial charge in [-0.15, -0.1) is 0 Å². The van der Waals surface area contributed by atoms with Crippen LogP contribution in [0.1, 0.15) is 29.3 Å². The molecule has 104 valence electrons. The summed E-state index contributed by atoms with van der Waals surface area (Å²) in [7, 11) is 0. The second kappa shape index (κ2) is 6.15. The molecule has 1 saturated heterocycles. The van der Waals surface area contributed by atoms with E-state index in [1.165, 1.54) is 6.07 Å². The summed E-state index contributed by atoms with van der Waals surface area (Å²) in [5, 5.41) is 6.17. The van der Waals surface area contributed by atoms with Crippen LogP contribution in [0.15, 0.2) is 18.2 Å². The minimum Gasteiger partial charge on any atom is -0.352 e. The molecule has 2 rings (SSSR count). The van der Waals surface area contributed by atoms with Crippen molar-refractivity contribution < 1.29 is 9.18 Å². The molecule has 1 aliphatic heterocycles. The molecule has 2 unspecified atom stereocenters. The number of carbonyl (C=O) groups is 1. The van der Waals surface area contributed by atoms with Crippen LogP contribution >= 0.6 is 0 Å². The molecule has 0 aliphatic carbocycles. The Labute approximate surface area is 113 Å². The number of benzene rings is 1. The van der Waals surface area contributed by atoms with Gasteiger partial charge in [0.05, 0.1) is 5.56 Å². The third-order valence-electron chi connectivity index (χ3n) is 3.88. The van der Waals surface area contributed by atoms with E-state index >= 15 is 0 Å². The Hall–Kier alpha value is -1.42. The van der Waals surface area contributed by atoms with Gasteiger partial charge in [-0.2, -0.15) is 0 Å². The van der Waals surface area contributed by atoms with Crippen molar-refractivity contribution in [2.75, 3.05) is 19.6 Å². The largest absolute Gasteiger partial charge is 0.352 e. The van der Waals surface area contributed by atoms with Crippen molar-refractivity contribution in [2.45, 2.75) is 20.3 Å². The highest BCUT2D eigenvalue weighted by Gasteiger charge is 2.22. The maximum absolute atomic E-state index is 13.6. The van der Waals surface area contributed by atoms with Crippen molar-refractivity contribution >= 4 is 5.91 Å². The topological polar surface area (TPSA) is 41.1 Å². The first-order valence-corrected chi connectivity index (χ1v) is 6.83. The fraction of sp³-hybridized carbons (Fsp3) is 0.533. The van der Waals surface area contributed by atoms with E-state index < -0.39 is 5.82 Å². The number of hydrogen-bond donors (Lipinski definition) is 2. The van der Waals surface area contributed by atoms with E-state index in [0.717, 1.165) is 25.1 Å². The predicted octanol–water partition coefficient (Wildman–Crippen LogP) is 2.11. The standard InChI is InChI=1S/C15H21FN2O/c1-10-3-4-14(16)13(7-10)15(19)18-9-12-8-17-6-5-11(12)2/h3-4,7,11-12,17H,5-6,8-9H2,1-2H3,(H,18,19). The quantitative estimate of drug-likeness (QED) is 0.878. The Kier molecular flexibility index (Phi) is 4.53. The molecule has 1 fully saturated rings. The van der Waals surface area contributed by atoms with Crippen LogP contribution in [0.25, 0.3) is 0 Å². The van der Waals surface area contributed by atoms with Crippen LogP contribution in [0.3, 0.4) is 0 Å². The van der Waals surface area contributed by atoms with Gasteiger partial charge in [-0.25, -0.2) is 4.39 Å². The van der Waals surface area contributed by atoms with Gasteiger partial charge in [-0.3, -0.25) is 4.79 Å². The van der Waals surface area contributed by atoms with Gasteiger partial charge in [0.15, 0.2) is 0 Å². The van der Waals surface area contributed by atoms with Gasteiger partial charge < -0.3 is 10.6 Å². The van der Waals surface area contributed by atoms with Gasteiger partial charge in [0.2, 0.25) is 0 Å². The van der Waals surface area contributed by atoms with Gasteiger partial charge in [-0.1, -0.05) is 18.6 Å². The third kappa shape index (κ3) is 3.53. The van der Waals surface area contributed by atoms with E-state index in [2.05, 4.69) is 17.6 Å². The van der Waals surface area contributed by atoms with Crippen LogP contribution < -0.4 is 10.6 Å². The number of halogens is 1. The lowest BCUT2D eigenvalue weighted by molar-refractivity contribution is 0.0934. The van der Waals surface area contributed by atoms with Crippen LogP contribution in [0.5, 0.6) is 0 Å². The van der Waals surface area contributed by atoms with Crippen LogP contribution in [-0.4, -0.2) is 25.5 Å². The molecule has 0 aromatic heterocycles. The third-order valence-corrected chi connectivity index (χ3v) is 3.88. The first kappa shape index (κ1) is 14.0. The van der Waals surface area contributed by atoms with Gasteiger partial charge in [0.1, 0.15) is 5.82 Å². The van der Waals surface area contributed by atoms with Crippen LogP contribution in [0.4, 0.5) is 4.39 Å². The number of amides is 1. The highest BCUT2D eigenvalue weighted by atomic mass is 19.1. The molecular weight excluding hydrogens is 243 g/mol. The average molecular weight is 264 g/mol. The summed E-state index contributed by atoms with van der Waals surface area (Å²) in [6.07, 6.45) is 1.12. The monoisotopic (exact) mass is 264 g/mol. The van der Waals surface area contributed by atoms with Crippen molar-refractivity contribution in [3.63, 3.8) is 0 Å². The molecule has 2 N–H and O–H groups in total. The number of aryl methyl sites for hydroxylation is 1. The van der Waals surface area contributed by atoms with E-state index in [4.69, 9.17) is 0 Å². The predicted molar refractivity (Wildman–Crippen MR) is 73.6 cm³/mol. The lowest BCUT2D eigenvalue weighted by Crippen LogP contribution is -2.42. The molecule has 4 heteroatoms. The number of piperidine rings is 1. The molecule has 19 heavy (non-hydrogen) atoms. The molecular formula is C15H21FN2O. The van der Waals surface area contributed by atoms with Crippen molar-refractivity contribution in [1.29, 1.82) is 0 Å². The smallest absolute Gasteiger partial charge is 0.254 e. The molecule has 2 atom stereocenters. The summed E-state index contributed by atoms with van der Waals surface area (Å²) in [6, 6.07) is 4.60. The van der Waals surface area contributed by atoms with Crippen molar-refractivity contribution in [2.24, 2.45) is 11.8 Å². The highest BCUT2D eigenvalue weighted by molar-refractivity contribution is 5.94. The van der Waals surface area contributed by atoms with E-state index in [-0.39, 0.29) is 11.5 Å².